The summed E-state index contributed by atoms with van der Waals surface area (Å²) in [5, 5.41) is 0. The van der Waals surface area contributed by atoms with Gasteiger partial charge in [-0.1, -0.05) is 26.3 Å². The van der Waals surface area contributed by atoms with Crippen LogP contribution in [0.5, 0.6) is 0 Å². The van der Waals surface area contributed by atoms with Crippen LogP contribution in [0.3, 0.4) is 0 Å². The normalized spacial score (nSPS) is 43.5. The van der Waals surface area contributed by atoms with Crippen LogP contribution in [0.1, 0.15) is 52.4 Å². The van der Waals surface area contributed by atoms with E-state index in [1.54, 1.807) is 7.11 Å². The highest BCUT2D eigenvalue weighted by molar-refractivity contribution is 5.40. The van der Waals surface area contributed by atoms with Gasteiger partial charge in [-0.05, 0) is 43.1 Å². The molecule has 18 heavy (non-hydrogen) atoms. The minimum Gasteiger partial charge on any atom is -0.459 e. The Bertz CT molecular complexity index is 423. The first-order valence-corrected chi connectivity index (χ1v) is 7.14. The molecule has 0 spiro atoms. The van der Waals surface area contributed by atoms with E-state index in [-0.39, 0.29) is 0 Å². The van der Waals surface area contributed by atoms with Crippen LogP contribution < -0.4 is 0 Å². The molecule has 100 valence electrons. The van der Waals surface area contributed by atoms with Gasteiger partial charge in [-0.3, -0.25) is 0 Å². The second kappa shape index (κ2) is 3.86. The summed E-state index contributed by atoms with van der Waals surface area (Å²) in [7, 11) is 1.78. The largest absolute Gasteiger partial charge is 0.459 e. The number of allylic oxidation sites excluding steroid dienone is 1. The Morgan fingerprint density at radius 3 is 2.89 bits per heavy atom. The SMILES string of the molecule is C=C1OC2(OC)CC3(C)CCCCC3CC2=C1C. The molecule has 2 saturated carbocycles. The first-order valence-electron chi connectivity index (χ1n) is 7.14. The molecule has 1 heterocycles. The average Bonchev–Trinajstić information content (AvgIpc) is 2.58. The lowest BCUT2D eigenvalue weighted by Gasteiger charge is -2.51. The zero-order valence-corrected chi connectivity index (χ0v) is 11.8. The van der Waals surface area contributed by atoms with E-state index < -0.39 is 5.79 Å². The van der Waals surface area contributed by atoms with Gasteiger partial charge in [-0.2, -0.15) is 0 Å². The monoisotopic (exact) mass is 248 g/mol. The van der Waals surface area contributed by atoms with Gasteiger partial charge in [0.05, 0.1) is 0 Å². The van der Waals surface area contributed by atoms with Crippen LogP contribution in [0.4, 0.5) is 0 Å². The fraction of sp³-hybridized carbons (Fsp3) is 0.750. The smallest absolute Gasteiger partial charge is 0.234 e. The number of methoxy groups -OCH3 is 1. The number of hydrogen-bond donors (Lipinski definition) is 0. The molecule has 0 radical (unpaired) electrons. The Hall–Kier alpha value is -0.760. The minimum atomic E-state index is -0.496. The van der Waals surface area contributed by atoms with Crippen molar-refractivity contribution in [2.45, 2.75) is 58.2 Å². The van der Waals surface area contributed by atoms with Crippen molar-refractivity contribution in [1.82, 2.24) is 0 Å². The molecular weight excluding hydrogens is 224 g/mol. The van der Waals surface area contributed by atoms with Crippen LogP contribution >= 0.6 is 0 Å². The topological polar surface area (TPSA) is 18.5 Å². The summed E-state index contributed by atoms with van der Waals surface area (Å²) in [5.74, 6) is 1.12. The average molecular weight is 248 g/mol. The van der Waals surface area contributed by atoms with Crippen LogP contribution in [0.25, 0.3) is 0 Å². The van der Waals surface area contributed by atoms with Gasteiger partial charge in [0.25, 0.3) is 0 Å². The van der Waals surface area contributed by atoms with E-state index in [0.29, 0.717) is 5.41 Å². The van der Waals surface area contributed by atoms with Crippen LogP contribution in [0, 0.1) is 11.3 Å². The molecule has 2 nitrogen and oxygen atoms in total. The summed E-state index contributed by atoms with van der Waals surface area (Å²) in [6, 6.07) is 0. The van der Waals surface area contributed by atoms with E-state index >= 15 is 0 Å². The van der Waals surface area contributed by atoms with Crippen molar-refractivity contribution in [3.8, 4) is 0 Å². The molecular formula is C16H24O2. The van der Waals surface area contributed by atoms with Crippen molar-refractivity contribution in [3.63, 3.8) is 0 Å². The molecule has 0 amide bonds. The number of ether oxygens (including phenoxy) is 2. The summed E-state index contributed by atoms with van der Waals surface area (Å²) < 4.78 is 11.9. The van der Waals surface area contributed by atoms with Crippen molar-refractivity contribution < 1.29 is 9.47 Å². The van der Waals surface area contributed by atoms with Crippen molar-refractivity contribution in [2.24, 2.45) is 11.3 Å². The van der Waals surface area contributed by atoms with E-state index in [1.165, 1.54) is 36.8 Å². The van der Waals surface area contributed by atoms with E-state index in [2.05, 4.69) is 20.4 Å². The third kappa shape index (κ3) is 1.51. The van der Waals surface area contributed by atoms with Crippen molar-refractivity contribution in [3.05, 3.63) is 23.5 Å². The van der Waals surface area contributed by atoms with Gasteiger partial charge in [-0.25, -0.2) is 0 Å². The fourth-order valence-corrected chi connectivity index (χ4v) is 4.31. The maximum absolute atomic E-state index is 6.04. The summed E-state index contributed by atoms with van der Waals surface area (Å²) in [6.45, 7) is 8.59. The number of hydrogen-bond acceptors (Lipinski definition) is 2. The lowest BCUT2D eigenvalue weighted by atomic mass is 9.57. The Morgan fingerprint density at radius 2 is 2.17 bits per heavy atom. The van der Waals surface area contributed by atoms with Gasteiger partial charge >= 0.3 is 0 Å². The van der Waals surface area contributed by atoms with Crippen LogP contribution in [0.15, 0.2) is 23.5 Å². The molecule has 3 unspecified atom stereocenters. The van der Waals surface area contributed by atoms with Crippen molar-refractivity contribution >= 4 is 0 Å². The predicted molar refractivity (Wildman–Crippen MR) is 72.0 cm³/mol. The zero-order chi connectivity index (χ0) is 13.0. The molecule has 0 aromatic rings. The number of rotatable bonds is 1. The molecule has 0 saturated heterocycles. The molecule has 3 aliphatic rings. The second-order valence-corrected chi connectivity index (χ2v) is 6.56. The molecule has 2 heteroatoms. The predicted octanol–water partition coefficient (Wildman–Crippen LogP) is 4.18. The highest BCUT2D eigenvalue weighted by atomic mass is 16.7. The minimum absolute atomic E-state index is 0.378. The number of fused-ring (bicyclic) bond motifs is 2. The first kappa shape index (κ1) is 12.3. The highest BCUT2D eigenvalue weighted by Gasteiger charge is 2.56. The molecule has 1 aliphatic heterocycles. The van der Waals surface area contributed by atoms with Crippen molar-refractivity contribution in [1.29, 1.82) is 0 Å². The van der Waals surface area contributed by atoms with Gasteiger partial charge in [0.2, 0.25) is 5.79 Å². The summed E-state index contributed by atoms with van der Waals surface area (Å²) in [4.78, 5) is 0. The van der Waals surface area contributed by atoms with E-state index in [9.17, 15) is 0 Å². The van der Waals surface area contributed by atoms with E-state index in [1.807, 2.05) is 0 Å². The van der Waals surface area contributed by atoms with Crippen molar-refractivity contribution in [2.75, 3.05) is 7.11 Å². The standard InChI is InChI=1S/C16H24O2/c1-11-12(2)18-16(17-4)10-15(3)8-6-5-7-13(15)9-14(11)16/h13H,2,5-10H2,1,3-4H3. The van der Waals surface area contributed by atoms with E-state index in [4.69, 9.17) is 9.47 Å². The lowest BCUT2D eigenvalue weighted by molar-refractivity contribution is -0.203. The van der Waals surface area contributed by atoms with Gasteiger partial charge < -0.3 is 9.47 Å². The van der Waals surface area contributed by atoms with Crippen LogP contribution in [0.2, 0.25) is 0 Å². The third-order valence-electron chi connectivity index (χ3n) is 5.57. The van der Waals surface area contributed by atoms with Gasteiger partial charge in [0.15, 0.2) is 0 Å². The Morgan fingerprint density at radius 1 is 1.39 bits per heavy atom. The zero-order valence-electron chi connectivity index (χ0n) is 11.8. The second-order valence-electron chi connectivity index (χ2n) is 6.56. The summed E-state index contributed by atoms with van der Waals surface area (Å²) in [6.07, 6.45) is 7.53. The molecule has 2 aliphatic carbocycles. The molecule has 0 aromatic carbocycles. The van der Waals surface area contributed by atoms with Crippen LogP contribution in [-0.4, -0.2) is 12.9 Å². The first-order chi connectivity index (χ1) is 8.51. The maximum Gasteiger partial charge on any atom is 0.234 e. The Kier molecular flexibility index (Phi) is 2.64. The lowest BCUT2D eigenvalue weighted by Crippen LogP contribution is -2.48. The quantitative estimate of drug-likeness (QED) is 0.693. The highest BCUT2D eigenvalue weighted by Crippen LogP contribution is 2.59. The van der Waals surface area contributed by atoms with Crippen LogP contribution in [-0.2, 0) is 9.47 Å². The Labute approximate surface area is 110 Å². The maximum atomic E-state index is 6.04. The van der Waals surface area contributed by atoms with Gasteiger partial charge in [0.1, 0.15) is 5.76 Å². The molecule has 3 atom stereocenters. The molecule has 2 fully saturated rings. The molecule has 3 rings (SSSR count). The molecule has 0 bridgehead atoms. The van der Waals surface area contributed by atoms with E-state index in [0.717, 1.165) is 24.5 Å². The van der Waals surface area contributed by atoms with Gasteiger partial charge in [-0.15, -0.1) is 0 Å². The van der Waals surface area contributed by atoms with Gasteiger partial charge in [0, 0.05) is 19.1 Å². The third-order valence-corrected chi connectivity index (χ3v) is 5.57. The summed E-state index contributed by atoms with van der Waals surface area (Å²) in [5.41, 5.74) is 2.96. The molecule has 0 aromatic heterocycles. The Balaban J connectivity index is 2.01. The molecule has 0 N–H and O–H groups in total. The fourth-order valence-electron chi connectivity index (χ4n) is 4.31. The summed E-state index contributed by atoms with van der Waals surface area (Å²) >= 11 is 0.